The maximum atomic E-state index is 5.06. The third-order valence-electron chi connectivity index (χ3n) is 3.96. The highest BCUT2D eigenvalue weighted by Gasteiger charge is 2.19. The first-order chi connectivity index (χ1) is 9.88. The van der Waals surface area contributed by atoms with E-state index in [1.165, 1.54) is 31.5 Å². The van der Waals surface area contributed by atoms with E-state index < -0.39 is 0 Å². The van der Waals surface area contributed by atoms with Crippen molar-refractivity contribution in [3.05, 3.63) is 30.1 Å². The lowest BCUT2D eigenvalue weighted by molar-refractivity contribution is 0.166. The smallest absolute Gasteiger partial charge is 0.0587 e. The highest BCUT2D eigenvalue weighted by Crippen LogP contribution is 2.16. The molecular weight excluding hydrogens is 250 g/mol. The molecule has 112 valence electrons. The monoisotopic (exact) mass is 277 g/mol. The number of ether oxygens (including phenoxy) is 1. The van der Waals surface area contributed by atoms with Crippen LogP contribution in [-0.4, -0.2) is 56.3 Å². The van der Waals surface area contributed by atoms with Gasteiger partial charge in [-0.3, -0.25) is 4.98 Å². The summed E-state index contributed by atoms with van der Waals surface area (Å²) in [6.07, 6.45) is 7.60. The van der Waals surface area contributed by atoms with Crippen LogP contribution in [0.4, 0.5) is 0 Å². The van der Waals surface area contributed by atoms with E-state index >= 15 is 0 Å². The van der Waals surface area contributed by atoms with Gasteiger partial charge in [-0.1, -0.05) is 6.07 Å². The molecule has 0 bridgehead atoms. The van der Waals surface area contributed by atoms with Crippen molar-refractivity contribution in [3.63, 3.8) is 0 Å². The first-order valence-electron chi connectivity index (χ1n) is 7.69. The van der Waals surface area contributed by atoms with Crippen LogP contribution in [-0.2, 0) is 11.2 Å². The van der Waals surface area contributed by atoms with Gasteiger partial charge in [0, 0.05) is 39.1 Å². The van der Waals surface area contributed by atoms with Crippen LogP contribution in [0.1, 0.15) is 18.4 Å². The van der Waals surface area contributed by atoms with Crippen LogP contribution in [0.25, 0.3) is 0 Å². The lowest BCUT2D eigenvalue weighted by atomic mass is 9.97. The standard InChI is InChI=1S/C16H27N3O/c1-20-11-8-18-13-16-5-3-9-19(14-16)10-6-15-4-2-7-17-12-15/h2,4,7,12,16,18H,3,5-6,8-11,13-14H2,1H3. The second-order valence-corrected chi connectivity index (χ2v) is 5.62. The molecule has 1 N–H and O–H groups in total. The van der Waals surface area contributed by atoms with Gasteiger partial charge in [0.05, 0.1) is 6.61 Å². The van der Waals surface area contributed by atoms with Crippen molar-refractivity contribution < 1.29 is 4.74 Å². The molecule has 1 aliphatic heterocycles. The number of aromatic nitrogens is 1. The third-order valence-corrected chi connectivity index (χ3v) is 3.96. The molecule has 1 aliphatic rings. The van der Waals surface area contributed by atoms with Gasteiger partial charge in [0.1, 0.15) is 0 Å². The Bertz CT molecular complexity index is 358. The maximum Gasteiger partial charge on any atom is 0.0587 e. The van der Waals surface area contributed by atoms with Crippen LogP contribution in [0, 0.1) is 5.92 Å². The Morgan fingerprint density at radius 3 is 3.25 bits per heavy atom. The summed E-state index contributed by atoms with van der Waals surface area (Å²) in [6, 6.07) is 4.19. The fourth-order valence-electron chi connectivity index (χ4n) is 2.83. The van der Waals surface area contributed by atoms with Gasteiger partial charge in [-0.25, -0.2) is 0 Å². The molecule has 0 saturated carbocycles. The fraction of sp³-hybridized carbons (Fsp3) is 0.688. The number of piperidine rings is 1. The largest absolute Gasteiger partial charge is 0.383 e. The zero-order valence-electron chi connectivity index (χ0n) is 12.6. The van der Waals surface area contributed by atoms with Crippen molar-refractivity contribution in [2.24, 2.45) is 5.92 Å². The first kappa shape index (κ1) is 15.4. The molecule has 0 aliphatic carbocycles. The topological polar surface area (TPSA) is 37.4 Å². The average Bonchev–Trinajstić information content (AvgIpc) is 2.51. The fourth-order valence-corrected chi connectivity index (χ4v) is 2.83. The van der Waals surface area contributed by atoms with Crippen molar-refractivity contribution in [2.75, 3.05) is 46.4 Å². The van der Waals surface area contributed by atoms with Gasteiger partial charge in [-0.05, 0) is 49.9 Å². The Balaban J connectivity index is 1.65. The number of hydrogen-bond donors (Lipinski definition) is 1. The number of nitrogens with one attached hydrogen (secondary N) is 1. The van der Waals surface area contributed by atoms with Gasteiger partial charge in [0.15, 0.2) is 0 Å². The number of methoxy groups -OCH3 is 1. The minimum absolute atomic E-state index is 0.787. The molecule has 4 heteroatoms. The lowest BCUT2D eigenvalue weighted by Gasteiger charge is -2.32. The molecule has 2 heterocycles. The van der Waals surface area contributed by atoms with Crippen molar-refractivity contribution in [1.82, 2.24) is 15.2 Å². The minimum atomic E-state index is 0.787. The van der Waals surface area contributed by atoms with Crippen LogP contribution in [0.15, 0.2) is 24.5 Å². The number of rotatable bonds is 8. The average molecular weight is 277 g/mol. The Labute approximate surface area is 122 Å². The summed E-state index contributed by atoms with van der Waals surface area (Å²) >= 11 is 0. The van der Waals surface area contributed by atoms with Crippen molar-refractivity contribution in [1.29, 1.82) is 0 Å². The van der Waals surface area contributed by atoms with Gasteiger partial charge < -0.3 is 15.0 Å². The Morgan fingerprint density at radius 1 is 1.50 bits per heavy atom. The molecule has 4 nitrogen and oxygen atoms in total. The zero-order chi connectivity index (χ0) is 14.0. The summed E-state index contributed by atoms with van der Waals surface area (Å²) in [7, 11) is 1.75. The summed E-state index contributed by atoms with van der Waals surface area (Å²) in [5, 5.41) is 3.49. The summed E-state index contributed by atoms with van der Waals surface area (Å²) < 4.78 is 5.06. The minimum Gasteiger partial charge on any atom is -0.383 e. The Kier molecular flexibility index (Phi) is 6.98. The molecule has 1 saturated heterocycles. The predicted molar refractivity (Wildman–Crippen MR) is 81.9 cm³/mol. The van der Waals surface area contributed by atoms with Crippen molar-refractivity contribution in [3.8, 4) is 0 Å². The second kappa shape index (κ2) is 9.06. The lowest BCUT2D eigenvalue weighted by Crippen LogP contribution is -2.41. The van der Waals surface area contributed by atoms with E-state index in [-0.39, 0.29) is 0 Å². The summed E-state index contributed by atoms with van der Waals surface area (Å²) in [6.45, 7) is 6.50. The number of hydrogen-bond acceptors (Lipinski definition) is 4. The maximum absolute atomic E-state index is 5.06. The molecular formula is C16H27N3O. The van der Waals surface area contributed by atoms with Gasteiger partial charge >= 0.3 is 0 Å². The van der Waals surface area contributed by atoms with Crippen LogP contribution >= 0.6 is 0 Å². The molecule has 0 spiro atoms. The molecule has 1 fully saturated rings. The third kappa shape index (κ3) is 5.57. The Morgan fingerprint density at radius 2 is 2.45 bits per heavy atom. The molecule has 1 unspecified atom stereocenters. The van der Waals surface area contributed by atoms with Crippen LogP contribution < -0.4 is 5.32 Å². The molecule has 2 rings (SSSR count). The predicted octanol–water partition coefficient (Wildman–Crippen LogP) is 1.57. The van der Waals surface area contributed by atoms with Crippen molar-refractivity contribution >= 4 is 0 Å². The number of nitrogens with zero attached hydrogens (tertiary/aromatic N) is 2. The molecule has 20 heavy (non-hydrogen) atoms. The molecule has 1 aromatic heterocycles. The summed E-state index contributed by atoms with van der Waals surface area (Å²) in [5.41, 5.74) is 1.34. The quantitative estimate of drug-likeness (QED) is 0.732. The second-order valence-electron chi connectivity index (χ2n) is 5.62. The zero-order valence-corrected chi connectivity index (χ0v) is 12.6. The molecule has 0 amide bonds. The van der Waals surface area contributed by atoms with E-state index in [1.807, 2.05) is 18.5 Å². The number of likely N-dealkylation sites (tertiary alicyclic amines) is 1. The van der Waals surface area contributed by atoms with E-state index in [2.05, 4.69) is 21.3 Å². The van der Waals surface area contributed by atoms with Crippen LogP contribution in [0.2, 0.25) is 0 Å². The van der Waals surface area contributed by atoms with E-state index in [9.17, 15) is 0 Å². The normalized spacial score (nSPS) is 20.1. The number of pyridine rings is 1. The first-order valence-corrected chi connectivity index (χ1v) is 7.69. The van der Waals surface area contributed by atoms with E-state index in [0.29, 0.717) is 0 Å². The highest BCUT2D eigenvalue weighted by atomic mass is 16.5. The van der Waals surface area contributed by atoms with E-state index in [0.717, 1.165) is 38.6 Å². The summed E-state index contributed by atoms with van der Waals surface area (Å²) in [5.74, 6) is 0.787. The van der Waals surface area contributed by atoms with Gasteiger partial charge in [-0.2, -0.15) is 0 Å². The van der Waals surface area contributed by atoms with Gasteiger partial charge in [0.25, 0.3) is 0 Å². The molecule has 1 atom stereocenters. The van der Waals surface area contributed by atoms with Crippen LogP contribution in [0.5, 0.6) is 0 Å². The van der Waals surface area contributed by atoms with Gasteiger partial charge in [0.2, 0.25) is 0 Å². The highest BCUT2D eigenvalue weighted by molar-refractivity contribution is 5.08. The van der Waals surface area contributed by atoms with E-state index in [1.54, 1.807) is 7.11 Å². The van der Waals surface area contributed by atoms with Gasteiger partial charge in [-0.15, -0.1) is 0 Å². The van der Waals surface area contributed by atoms with Crippen LogP contribution in [0.3, 0.4) is 0 Å². The van der Waals surface area contributed by atoms with E-state index in [4.69, 9.17) is 4.74 Å². The molecule has 0 radical (unpaired) electrons. The molecule has 1 aromatic rings. The Hall–Kier alpha value is -0.970. The molecule has 0 aromatic carbocycles. The van der Waals surface area contributed by atoms with Crippen molar-refractivity contribution in [2.45, 2.75) is 19.3 Å². The summed E-state index contributed by atoms with van der Waals surface area (Å²) in [4.78, 5) is 6.78. The SMILES string of the molecule is COCCNCC1CCCN(CCc2cccnc2)C1.